The van der Waals surface area contributed by atoms with E-state index in [0.717, 1.165) is 36.2 Å². The van der Waals surface area contributed by atoms with Gasteiger partial charge in [0.05, 0.1) is 10.3 Å². The second-order valence-corrected chi connectivity index (χ2v) is 10.1. The summed E-state index contributed by atoms with van der Waals surface area (Å²) in [5.41, 5.74) is 5.97. The maximum Gasteiger partial charge on any atom is 0.276 e. The molecule has 0 unspecified atom stereocenters. The average molecular weight is 422 g/mol. The molecule has 1 aliphatic heterocycles. The van der Waals surface area contributed by atoms with Gasteiger partial charge in [-0.3, -0.25) is 4.79 Å². The van der Waals surface area contributed by atoms with Gasteiger partial charge in [0.1, 0.15) is 0 Å². The summed E-state index contributed by atoms with van der Waals surface area (Å²) in [5, 5.41) is 7.81. The molecule has 0 bridgehead atoms. The zero-order valence-electron chi connectivity index (χ0n) is 16.1. The third-order valence-corrected chi connectivity index (χ3v) is 8.40. The van der Waals surface area contributed by atoms with Gasteiger partial charge in [-0.2, -0.15) is 5.10 Å². The van der Waals surface area contributed by atoms with E-state index in [0.29, 0.717) is 10.3 Å². The van der Waals surface area contributed by atoms with Crippen molar-refractivity contribution in [3.63, 3.8) is 0 Å². The third-order valence-electron chi connectivity index (χ3n) is 5.39. The molecule has 148 valence electrons. The van der Waals surface area contributed by atoms with E-state index in [1.165, 1.54) is 29.2 Å². The molecule has 29 heavy (non-hydrogen) atoms. The van der Waals surface area contributed by atoms with Gasteiger partial charge in [0.25, 0.3) is 5.91 Å². The van der Waals surface area contributed by atoms with Crippen LogP contribution in [0.4, 0.5) is 5.69 Å². The van der Waals surface area contributed by atoms with Crippen molar-refractivity contribution < 1.29 is 4.79 Å². The van der Waals surface area contributed by atoms with Crippen molar-refractivity contribution in [3.05, 3.63) is 77.1 Å². The van der Waals surface area contributed by atoms with Crippen molar-refractivity contribution in [2.75, 3.05) is 16.8 Å². The second-order valence-electron chi connectivity index (χ2n) is 7.38. The highest BCUT2D eigenvalue weighted by molar-refractivity contribution is 8.16. The van der Waals surface area contributed by atoms with Crippen LogP contribution in [-0.4, -0.2) is 27.2 Å². The summed E-state index contributed by atoms with van der Waals surface area (Å²) in [6.45, 7) is 0. The minimum atomic E-state index is -0.112. The number of para-hydroxylation sites is 1. The molecule has 1 fully saturated rings. The van der Waals surface area contributed by atoms with Crippen LogP contribution in [0.5, 0.6) is 0 Å². The fraction of sp³-hybridized carbons (Fsp3) is 0.304. The van der Waals surface area contributed by atoms with E-state index in [9.17, 15) is 4.79 Å². The largest absolute Gasteiger partial charge is 0.321 e. The predicted molar refractivity (Wildman–Crippen MR) is 122 cm³/mol. The van der Waals surface area contributed by atoms with Crippen molar-refractivity contribution in [3.8, 4) is 5.69 Å². The van der Waals surface area contributed by atoms with Gasteiger partial charge in [-0.1, -0.05) is 30.3 Å². The highest BCUT2D eigenvalue weighted by Crippen LogP contribution is 2.44. The molecule has 1 aromatic heterocycles. The van der Waals surface area contributed by atoms with Gasteiger partial charge in [0, 0.05) is 16.9 Å². The van der Waals surface area contributed by atoms with Gasteiger partial charge in [0.2, 0.25) is 0 Å². The first kappa shape index (κ1) is 18.8. The average Bonchev–Trinajstić information content (AvgIpc) is 3.38. The van der Waals surface area contributed by atoms with Crippen molar-refractivity contribution in [2.45, 2.75) is 30.3 Å². The molecule has 1 N–H and O–H groups in total. The Hall–Kier alpha value is -2.18. The molecule has 2 aliphatic rings. The van der Waals surface area contributed by atoms with Gasteiger partial charge in [0.15, 0.2) is 5.69 Å². The molecule has 0 spiro atoms. The number of carbonyl (C=O) groups is 1. The third kappa shape index (κ3) is 3.83. The maximum atomic E-state index is 13.1. The lowest BCUT2D eigenvalue weighted by atomic mass is 10.1. The number of benzene rings is 2. The number of anilines is 1. The Morgan fingerprint density at radius 1 is 1.00 bits per heavy atom. The van der Waals surface area contributed by atoms with E-state index >= 15 is 0 Å². The molecule has 1 saturated heterocycles. The molecule has 1 amide bonds. The van der Waals surface area contributed by atoms with Crippen LogP contribution >= 0.6 is 23.5 Å². The Bertz CT molecular complexity index is 1030. The number of nitrogens with one attached hydrogen (secondary N) is 1. The summed E-state index contributed by atoms with van der Waals surface area (Å²) in [5.74, 6) is 2.30. The Kier molecular flexibility index (Phi) is 5.38. The summed E-state index contributed by atoms with van der Waals surface area (Å²) in [7, 11) is 0. The second kappa shape index (κ2) is 8.28. The molecule has 5 rings (SSSR count). The first-order valence-corrected chi connectivity index (χ1v) is 12.2. The summed E-state index contributed by atoms with van der Waals surface area (Å²) < 4.78 is 2.41. The van der Waals surface area contributed by atoms with Crippen LogP contribution in [0.25, 0.3) is 5.69 Å². The number of rotatable bonds is 4. The molecule has 0 atom stereocenters. The number of hydrogen-bond donors (Lipinski definition) is 1. The smallest absolute Gasteiger partial charge is 0.276 e. The first-order valence-electron chi connectivity index (χ1n) is 10.1. The fourth-order valence-electron chi connectivity index (χ4n) is 4.04. The van der Waals surface area contributed by atoms with Crippen LogP contribution in [0, 0.1) is 0 Å². The molecule has 1 aliphatic carbocycles. The SMILES string of the molecule is O=C(Nc1cccc(C2SCCCS2)c1)c1nn(-c2ccccc2)c2c1CCC2. The monoisotopic (exact) mass is 421 g/mol. The zero-order valence-corrected chi connectivity index (χ0v) is 17.8. The Morgan fingerprint density at radius 2 is 1.83 bits per heavy atom. The highest BCUT2D eigenvalue weighted by Gasteiger charge is 2.27. The van der Waals surface area contributed by atoms with Crippen LogP contribution < -0.4 is 5.32 Å². The van der Waals surface area contributed by atoms with Gasteiger partial charge < -0.3 is 5.32 Å². The van der Waals surface area contributed by atoms with Crippen LogP contribution in [0.3, 0.4) is 0 Å². The van der Waals surface area contributed by atoms with E-state index < -0.39 is 0 Å². The van der Waals surface area contributed by atoms with Gasteiger partial charge in [-0.15, -0.1) is 23.5 Å². The minimum absolute atomic E-state index is 0.112. The zero-order chi connectivity index (χ0) is 19.6. The van der Waals surface area contributed by atoms with E-state index in [4.69, 9.17) is 5.10 Å². The van der Waals surface area contributed by atoms with Gasteiger partial charge >= 0.3 is 0 Å². The van der Waals surface area contributed by atoms with Crippen LogP contribution in [0.15, 0.2) is 54.6 Å². The summed E-state index contributed by atoms with van der Waals surface area (Å²) in [6, 6.07) is 18.4. The number of amides is 1. The Morgan fingerprint density at radius 3 is 2.66 bits per heavy atom. The van der Waals surface area contributed by atoms with E-state index in [1.807, 2.05) is 70.7 Å². The predicted octanol–water partition coefficient (Wildman–Crippen LogP) is 5.48. The summed E-state index contributed by atoms with van der Waals surface area (Å²) in [4.78, 5) is 13.1. The van der Waals surface area contributed by atoms with E-state index in [-0.39, 0.29) is 5.91 Å². The lowest BCUT2D eigenvalue weighted by Crippen LogP contribution is -2.15. The number of nitrogens with zero attached hydrogens (tertiary/aromatic N) is 2. The van der Waals surface area contributed by atoms with Crippen LogP contribution in [0.1, 0.15) is 44.7 Å². The Balaban J connectivity index is 1.41. The lowest BCUT2D eigenvalue weighted by Gasteiger charge is -2.21. The maximum absolute atomic E-state index is 13.1. The molecular weight excluding hydrogens is 398 g/mol. The summed E-state index contributed by atoms with van der Waals surface area (Å²) in [6.07, 6.45) is 4.24. The standard InChI is InChI=1S/C23H23N3OS2/c27-22(24-17-8-4-7-16(15-17)23-28-13-6-14-29-23)21-19-11-5-12-20(19)26(25-21)18-9-2-1-3-10-18/h1-4,7-10,15,23H,5-6,11-14H2,(H,24,27). The molecular formula is C23H23N3OS2. The minimum Gasteiger partial charge on any atom is -0.321 e. The number of hydrogen-bond acceptors (Lipinski definition) is 4. The quantitative estimate of drug-likeness (QED) is 0.606. The number of fused-ring (bicyclic) bond motifs is 1. The number of aromatic nitrogens is 2. The van der Waals surface area contributed by atoms with Crippen molar-refractivity contribution >= 4 is 35.1 Å². The highest BCUT2D eigenvalue weighted by atomic mass is 32.2. The molecule has 2 aromatic carbocycles. The Labute approximate surface area is 179 Å². The normalized spacial score (nSPS) is 16.6. The van der Waals surface area contributed by atoms with Crippen molar-refractivity contribution in [2.24, 2.45) is 0 Å². The number of thioether (sulfide) groups is 2. The number of carbonyl (C=O) groups excluding carboxylic acids is 1. The molecule has 3 aromatic rings. The van der Waals surface area contributed by atoms with Gasteiger partial charge in [-0.05, 0) is 67.0 Å². The molecule has 2 heterocycles. The molecule has 6 heteroatoms. The molecule has 0 saturated carbocycles. The fourth-order valence-corrected chi connectivity index (χ4v) is 6.91. The van der Waals surface area contributed by atoms with Crippen molar-refractivity contribution in [1.82, 2.24) is 9.78 Å². The first-order chi connectivity index (χ1) is 14.3. The van der Waals surface area contributed by atoms with E-state index in [2.05, 4.69) is 17.4 Å². The van der Waals surface area contributed by atoms with Crippen molar-refractivity contribution in [1.29, 1.82) is 0 Å². The lowest BCUT2D eigenvalue weighted by molar-refractivity contribution is 0.102. The molecule has 4 nitrogen and oxygen atoms in total. The molecule has 0 radical (unpaired) electrons. The summed E-state index contributed by atoms with van der Waals surface area (Å²) >= 11 is 3.98. The van der Waals surface area contributed by atoms with Crippen LogP contribution in [-0.2, 0) is 12.8 Å². The van der Waals surface area contributed by atoms with Gasteiger partial charge in [-0.25, -0.2) is 4.68 Å². The van der Waals surface area contributed by atoms with E-state index in [1.54, 1.807) is 0 Å². The topological polar surface area (TPSA) is 46.9 Å². The van der Waals surface area contributed by atoms with Crippen LogP contribution in [0.2, 0.25) is 0 Å².